The van der Waals surface area contributed by atoms with Crippen molar-refractivity contribution in [2.75, 3.05) is 7.05 Å². The van der Waals surface area contributed by atoms with Crippen LogP contribution in [0.5, 0.6) is 0 Å². The first kappa shape index (κ1) is 16.2. The van der Waals surface area contributed by atoms with Crippen molar-refractivity contribution in [3.05, 3.63) is 66.1 Å². The molecule has 0 aliphatic rings. The summed E-state index contributed by atoms with van der Waals surface area (Å²) in [6, 6.07) is 9.85. The van der Waals surface area contributed by atoms with Gasteiger partial charge in [-0.15, -0.1) is 0 Å². The SMILES string of the molecule is CN(Cc1nc(-c2ccco2)no1)Cc1cn[nH]c1-c1ccc(F)cc1. The average Bonchev–Trinajstić information content (AvgIpc) is 3.36. The third kappa shape index (κ3) is 3.40. The number of furan rings is 1. The Hall–Kier alpha value is -3.26. The highest BCUT2D eigenvalue weighted by Crippen LogP contribution is 2.23. The molecule has 132 valence electrons. The quantitative estimate of drug-likeness (QED) is 0.571. The van der Waals surface area contributed by atoms with Crippen LogP contribution in [0.3, 0.4) is 0 Å². The Morgan fingerprint density at radius 1 is 1.15 bits per heavy atom. The zero-order valence-electron chi connectivity index (χ0n) is 14.0. The Kier molecular flexibility index (Phi) is 4.32. The van der Waals surface area contributed by atoms with E-state index in [-0.39, 0.29) is 5.82 Å². The average molecular weight is 353 g/mol. The van der Waals surface area contributed by atoms with E-state index < -0.39 is 0 Å². The molecule has 0 fully saturated rings. The maximum atomic E-state index is 13.1. The summed E-state index contributed by atoms with van der Waals surface area (Å²) in [7, 11) is 1.94. The summed E-state index contributed by atoms with van der Waals surface area (Å²) in [5, 5.41) is 11.0. The molecule has 1 N–H and O–H groups in total. The van der Waals surface area contributed by atoms with Crippen LogP contribution >= 0.6 is 0 Å². The molecule has 3 heterocycles. The zero-order valence-corrected chi connectivity index (χ0v) is 14.0. The van der Waals surface area contributed by atoms with Gasteiger partial charge in [-0.3, -0.25) is 10.00 Å². The van der Waals surface area contributed by atoms with Crippen LogP contribution in [-0.4, -0.2) is 32.3 Å². The maximum Gasteiger partial charge on any atom is 0.241 e. The molecule has 0 amide bonds. The molecule has 26 heavy (non-hydrogen) atoms. The van der Waals surface area contributed by atoms with Crippen molar-refractivity contribution in [1.29, 1.82) is 0 Å². The molecule has 3 aromatic heterocycles. The molecule has 4 rings (SSSR count). The van der Waals surface area contributed by atoms with Crippen molar-refractivity contribution in [3.8, 4) is 22.8 Å². The molecule has 0 bridgehead atoms. The smallest absolute Gasteiger partial charge is 0.241 e. The summed E-state index contributed by atoms with van der Waals surface area (Å²) in [5.74, 6) is 1.21. The first-order valence-corrected chi connectivity index (χ1v) is 8.02. The van der Waals surface area contributed by atoms with Crippen LogP contribution in [0.4, 0.5) is 4.39 Å². The van der Waals surface area contributed by atoms with Gasteiger partial charge in [0.2, 0.25) is 11.7 Å². The molecule has 0 saturated heterocycles. The van der Waals surface area contributed by atoms with Gasteiger partial charge in [0.15, 0.2) is 5.76 Å². The predicted octanol–water partition coefficient (Wildman–Crippen LogP) is 3.49. The molecule has 0 unspecified atom stereocenters. The van der Waals surface area contributed by atoms with Crippen LogP contribution in [0.1, 0.15) is 11.5 Å². The van der Waals surface area contributed by atoms with Gasteiger partial charge in [0.25, 0.3) is 0 Å². The molecule has 0 aliphatic heterocycles. The highest BCUT2D eigenvalue weighted by Gasteiger charge is 2.15. The largest absolute Gasteiger partial charge is 0.461 e. The lowest BCUT2D eigenvalue weighted by atomic mass is 10.1. The molecule has 4 aromatic rings. The van der Waals surface area contributed by atoms with Crippen molar-refractivity contribution < 1.29 is 13.3 Å². The highest BCUT2D eigenvalue weighted by atomic mass is 19.1. The molecular formula is C18H16FN5O2. The topological polar surface area (TPSA) is 84.0 Å². The molecule has 0 spiro atoms. The van der Waals surface area contributed by atoms with E-state index in [1.165, 1.54) is 12.1 Å². The van der Waals surface area contributed by atoms with E-state index in [9.17, 15) is 4.39 Å². The molecule has 7 nitrogen and oxygen atoms in total. The lowest BCUT2D eigenvalue weighted by Gasteiger charge is -2.14. The second-order valence-electron chi connectivity index (χ2n) is 5.94. The summed E-state index contributed by atoms with van der Waals surface area (Å²) in [5.41, 5.74) is 2.73. The van der Waals surface area contributed by atoms with Crippen molar-refractivity contribution in [2.45, 2.75) is 13.1 Å². The summed E-state index contributed by atoms with van der Waals surface area (Å²) in [6.45, 7) is 1.09. The Morgan fingerprint density at radius 2 is 2.00 bits per heavy atom. The van der Waals surface area contributed by atoms with Gasteiger partial charge in [0.1, 0.15) is 5.82 Å². The molecule has 0 aliphatic carbocycles. The van der Waals surface area contributed by atoms with Crippen molar-refractivity contribution in [1.82, 2.24) is 25.2 Å². The minimum atomic E-state index is -0.268. The summed E-state index contributed by atoms with van der Waals surface area (Å²) in [6.07, 6.45) is 3.32. The lowest BCUT2D eigenvalue weighted by Crippen LogP contribution is -2.17. The van der Waals surface area contributed by atoms with Crippen molar-refractivity contribution >= 4 is 0 Å². The van der Waals surface area contributed by atoms with E-state index in [0.29, 0.717) is 30.6 Å². The summed E-state index contributed by atoms with van der Waals surface area (Å²) in [4.78, 5) is 6.36. The van der Waals surface area contributed by atoms with Crippen LogP contribution in [0.25, 0.3) is 22.8 Å². The molecule has 1 aromatic carbocycles. The predicted molar refractivity (Wildman–Crippen MR) is 91.2 cm³/mol. The zero-order chi connectivity index (χ0) is 17.9. The van der Waals surface area contributed by atoms with Crippen LogP contribution in [0, 0.1) is 5.82 Å². The maximum absolute atomic E-state index is 13.1. The van der Waals surface area contributed by atoms with E-state index in [4.69, 9.17) is 8.94 Å². The number of halogens is 1. The third-order valence-electron chi connectivity index (χ3n) is 3.91. The normalized spacial score (nSPS) is 11.3. The van der Waals surface area contributed by atoms with Gasteiger partial charge in [-0.25, -0.2) is 4.39 Å². The van der Waals surface area contributed by atoms with Crippen LogP contribution in [-0.2, 0) is 13.1 Å². The number of benzene rings is 1. The van der Waals surface area contributed by atoms with E-state index in [2.05, 4.69) is 20.3 Å². The third-order valence-corrected chi connectivity index (χ3v) is 3.91. The van der Waals surface area contributed by atoms with Gasteiger partial charge in [-0.05, 0) is 43.4 Å². The van der Waals surface area contributed by atoms with E-state index in [1.54, 1.807) is 36.7 Å². The van der Waals surface area contributed by atoms with Gasteiger partial charge in [-0.1, -0.05) is 5.16 Å². The van der Waals surface area contributed by atoms with Crippen LogP contribution in [0.15, 0.2) is 57.8 Å². The summed E-state index contributed by atoms with van der Waals surface area (Å²) < 4.78 is 23.7. The van der Waals surface area contributed by atoms with E-state index >= 15 is 0 Å². The molecule has 0 atom stereocenters. The number of H-pyrrole nitrogens is 1. The van der Waals surface area contributed by atoms with Crippen LogP contribution < -0.4 is 0 Å². The van der Waals surface area contributed by atoms with Gasteiger partial charge in [-0.2, -0.15) is 10.1 Å². The fraction of sp³-hybridized carbons (Fsp3) is 0.167. The Labute approximate surface area is 148 Å². The van der Waals surface area contributed by atoms with Crippen molar-refractivity contribution in [3.63, 3.8) is 0 Å². The number of aromatic nitrogens is 4. The Balaban J connectivity index is 1.45. The first-order chi connectivity index (χ1) is 12.7. The molecule has 8 heteroatoms. The number of hydrogen-bond acceptors (Lipinski definition) is 6. The Morgan fingerprint density at radius 3 is 2.77 bits per heavy atom. The van der Waals surface area contributed by atoms with Gasteiger partial charge >= 0.3 is 0 Å². The standard InChI is InChI=1S/C18H16FN5O2/c1-24(11-16-21-18(23-26-16)15-3-2-8-25-15)10-13-9-20-22-17(13)12-4-6-14(19)7-5-12/h2-9H,10-11H2,1H3,(H,20,22). The first-order valence-electron chi connectivity index (χ1n) is 8.02. The second-order valence-corrected chi connectivity index (χ2v) is 5.94. The minimum absolute atomic E-state index is 0.268. The van der Waals surface area contributed by atoms with E-state index in [1.807, 2.05) is 11.9 Å². The van der Waals surface area contributed by atoms with Gasteiger partial charge in [0.05, 0.1) is 24.7 Å². The highest BCUT2D eigenvalue weighted by molar-refractivity contribution is 5.62. The summed E-state index contributed by atoms with van der Waals surface area (Å²) >= 11 is 0. The number of rotatable bonds is 6. The lowest BCUT2D eigenvalue weighted by molar-refractivity contribution is 0.261. The van der Waals surface area contributed by atoms with Gasteiger partial charge < -0.3 is 8.94 Å². The molecular weight excluding hydrogens is 337 g/mol. The monoisotopic (exact) mass is 353 g/mol. The molecule has 0 radical (unpaired) electrons. The van der Waals surface area contributed by atoms with Crippen LogP contribution in [0.2, 0.25) is 0 Å². The number of nitrogens with zero attached hydrogens (tertiary/aromatic N) is 4. The minimum Gasteiger partial charge on any atom is -0.461 e. The number of hydrogen-bond donors (Lipinski definition) is 1. The van der Waals surface area contributed by atoms with Gasteiger partial charge in [0, 0.05) is 17.7 Å². The van der Waals surface area contributed by atoms with Crippen molar-refractivity contribution in [2.24, 2.45) is 0 Å². The number of nitrogens with one attached hydrogen (secondary N) is 1. The number of aromatic amines is 1. The Bertz CT molecular complexity index is 975. The fourth-order valence-corrected chi connectivity index (χ4v) is 2.70. The fourth-order valence-electron chi connectivity index (χ4n) is 2.70. The second kappa shape index (κ2) is 6.93. The molecule has 0 saturated carbocycles. The van der Waals surface area contributed by atoms with E-state index in [0.717, 1.165) is 16.8 Å².